The number of ether oxygens (including phenoxy) is 1. The summed E-state index contributed by atoms with van der Waals surface area (Å²) < 4.78 is 31.1. The van der Waals surface area contributed by atoms with Gasteiger partial charge in [-0.05, 0) is 19.1 Å². The van der Waals surface area contributed by atoms with Gasteiger partial charge in [-0.2, -0.15) is 8.42 Å². The van der Waals surface area contributed by atoms with E-state index in [2.05, 4.69) is 9.72 Å². The summed E-state index contributed by atoms with van der Waals surface area (Å²) in [5.41, 5.74) is 0.714. The highest BCUT2D eigenvalue weighted by molar-refractivity contribution is 7.86. The first-order valence-corrected chi connectivity index (χ1v) is 6.57. The Morgan fingerprint density at radius 1 is 1.41 bits per heavy atom. The normalized spacial score (nSPS) is 13.1. The van der Waals surface area contributed by atoms with Crippen molar-refractivity contribution in [1.29, 1.82) is 0 Å². The number of methoxy groups -OCH3 is 1. The molecule has 0 unspecified atom stereocenters. The van der Waals surface area contributed by atoms with Crippen LogP contribution in [0.1, 0.15) is 29.1 Å². The fourth-order valence-corrected chi connectivity index (χ4v) is 1.82. The summed E-state index contributed by atoms with van der Waals surface area (Å²) in [5.74, 6) is -0.499. The average Bonchev–Trinajstić information content (AvgIpc) is 2.26. The van der Waals surface area contributed by atoms with Crippen molar-refractivity contribution in [3.63, 3.8) is 0 Å². The Bertz CT molecular complexity index is 494. The number of hydrogen-bond donors (Lipinski definition) is 0. The van der Waals surface area contributed by atoms with Crippen molar-refractivity contribution >= 4 is 16.1 Å². The van der Waals surface area contributed by atoms with E-state index in [-0.39, 0.29) is 0 Å². The molecular formula is C10H13NO5S. The van der Waals surface area contributed by atoms with E-state index in [1.807, 2.05) is 0 Å². The lowest BCUT2D eigenvalue weighted by Gasteiger charge is -2.10. The molecule has 0 aromatic carbocycles. The maximum atomic E-state index is 11.1. The van der Waals surface area contributed by atoms with Crippen LogP contribution in [0.15, 0.2) is 18.3 Å². The number of carbonyl (C=O) groups excluding carboxylic acids is 1. The molecule has 0 aliphatic carbocycles. The van der Waals surface area contributed by atoms with Gasteiger partial charge in [0, 0.05) is 6.20 Å². The minimum absolute atomic E-state index is 0.294. The molecule has 94 valence electrons. The number of hydrogen-bond acceptors (Lipinski definition) is 6. The van der Waals surface area contributed by atoms with Crippen LogP contribution in [-0.4, -0.2) is 32.7 Å². The van der Waals surface area contributed by atoms with Gasteiger partial charge in [0.15, 0.2) is 0 Å². The number of aromatic nitrogens is 1. The highest BCUT2D eigenvalue weighted by atomic mass is 32.2. The molecule has 17 heavy (non-hydrogen) atoms. The third kappa shape index (κ3) is 4.12. The Morgan fingerprint density at radius 2 is 2.06 bits per heavy atom. The number of carbonyl (C=O) groups is 1. The first-order valence-electron chi connectivity index (χ1n) is 4.76. The van der Waals surface area contributed by atoms with Gasteiger partial charge in [0.05, 0.1) is 24.6 Å². The SMILES string of the molecule is COC(=O)c1ccc([C@@H](C)OS(C)(=O)=O)nc1. The molecule has 1 aromatic rings. The van der Waals surface area contributed by atoms with E-state index in [0.717, 1.165) is 6.26 Å². The van der Waals surface area contributed by atoms with Crippen molar-refractivity contribution < 1.29 is 22.1 Å². The van der Waals surface area contributed by atoms with Gasteiger partial charge in [0.25, 0.3) is 10.1 Å². The lowest BCUT2D eigenvalue weighted by molar-refractivity contribution is 0.0600. The lowest BCUT2D eigenvalue weighted by Crippen LogP contribution is -2.09. The third-order valence-corrected chi connectivity index (χ3v) is 2.58. The summed E-state index contributed by atoms with van der Waals surface area (Å²) in [6.45, 7) is 1.56. The van der Waals surface area contributed by atoms with E-state index in [4.69, 9.17) is 4.18 Å². The van der Waals surface area contributed by atoms with Crippen LogP contribution < -0.4 is 0 Å². The number of nitrogens with zero attached hydrogens (tertiary/aromatic N) is 1. The van der Waals surface area contributed by atoms with Gasteiger partial charge in [-0.25, -0.2) is 4.79 Å². The van der Waals surface area contributed by atoms with Crippen molar-refractivity contribution in [3.05, 3.63) is 29.6 Å². The summed E-state index contributed by atoms with van der Waals surface area (Å²) in [6, 6.07) is 3.01. The molecule has 1 heterocycles. The standard InChI is InChI=1S/C10H13NO5S/c1-7(16-17(3,13)14)9-5-4-8(6-11-9)10(12)15-2/h4-7H,1-3H3/t7-/m1/s1. The number of rotatable bonds is 4. The van der Waals surface area contributed by atoms with Crippen LogP contribution in [0.2, 0.25) is 0 Å². The van der Waals surface area contributed by atoms with Crippen LogP contribution in [0.3, 0.4) is 0 Å². The fraction of sp³-hybridized carbons (Fsp3) is 0.400. The van der Waals surface area contributed by atoms with Gasteiger partial charge >= 0.3 is 5.97 Å². The Morgan fingerprint density at radius 3 is 2.47 bits per heavy atom. The maximum absolute atomic E-state index is 11.1. The minimum Gasteiger partial charge on any atom is -0.465 e. The maximum Gasteiger partial charge on any atom is 0.339 e. The summed E-state index contributed by atoms with van der Waals surface area (Å²) >= 11 is 0. The second-order valence-electron chi connectivity index (χ2n) is 3.41. The van der Waals surface area contributed by atoms with Crippen molar-refractivity contribution in [2.45, 2.75) is 13.0 Å². The van der Waals surface area contributed by atoms with Gasteiger partial charge < -0.3 is 4.74 Å². The number of pyridine rings is 1. The van der Waals surface area contributed by atoms with Crippen molar-refractivity contribution in [3.8, 4) is 0 Å². The van der Waals surface area contributed by atoms with Crippen LogP contribution in [0, 0.1) is 0 Å². The zero-order valence-corrected chi connectivity index (χ0v) is 10.5. The molecule has 0 amide bonds. The molecule has 0 N–H and O–H groups in total. The van der Waals surface area contributed by atoms with Gasteiger partial charge in [-0.1, -0.05) is 0 Å². The summed E-state index contributed by atoms with van der Waals surface area (Å²) in [5, 5.41) is 0. The van der Waals surface area contributed by atoms with Gasteiger partial charge in [0.1, 0.15) is 6.10 Å². The van der Waals surface area contributed by atoms with Crippen LogP contribution >= 0.6 is 0 Å². The van der Waals surface area contributed by atoms with Gasteiger partial charge in [-0.15, -0.1) is 0 Å². The Balaban J connectivity index is 2.84. The fourth-order valence-electron chi connectivity index (χ4n) is 1.20. The molecule has 0 saturated carbocycles. The molecular weight excluding hydrogens is 246 g/mol. The third-order valence-electron chi connectivity index (χ3n) is 1.94. The van der Waals surface area contributed by atoms with Crippen molar-refractivity contribution in [1.82, 2.24) is 4.98 Å². The molecule has 6 nitrogen and oxygen atoms in total. The van der Waals surface area contributed by atoms with E-state index in [1.54, 1.807) is 6.92 Å². The molecule has 7 heteroatoms. The van der Waals surface area contributed by atoms with E-state index >= 15 is 0 Å². The minimum atomic E-state index is -3.53. The van der Waals surface area contributed by atoms with E-state index in [9.17, 15) is 13.2 Å². The monoisotopic (exact) mass is 259 g/mol. The molecule has 0 radical (unpaired) electrons. The second-order valence-corrected chi connectivity index (χ2v) is 5.01. The molecule has 0 aliphatic heterocycles. The van der Waals surface area contributed by atoms with Crippen molar-refractivity contribution in [2.24, 2.45) is 0 Å². The van der Waals surface area contributed by atoms with Crippen LogP contribution in [0.25, 0.3) is 0 Å². The highest BCUT2D eigenvalue weighted by Gasteiger charge is 2.14. The largest absolute Gasteiger partial charge is 0.465 e. The van der Waals surface area contributed by atoms with Crippen LogP contribution in [-0.2, 0) is 19.0 Å². The smallest absolute Gasteiger partial charge is 0.339 e. The molecule has 0 saturated heterocycles. The first kappa shape index (κ1) is 13.6. The zero-order valence-electron chi connectivity index (χ0n) is 9.71. The Hall–Kier alpha value is -1.47. The van der Waals surface area contributed by atoms with E-state index < -0.39 is 22.2 Å². The molecule has 1 aromatic heterocycles. The first-order chi connectivity index (χ1) is 7.83. The summed E-state index contributed by atoms with van der Waals surface area (Å²) in [6.07, 6.45) is 1.58. The lowest BCUT2D eigenvalue weighted by atomic mass is 10.2. The topological polar surface area (TPSA) is 82.6 Å². The predicted molar refractivity (Wildman–Crippen MR) is 59.9 cm³/mol. The molecule has 1 atom stereocenters. The second kappa shape index (κ2) is 5.24. The number of esters is 1. The van der Waals surface area contributed by atoms with Crippen LogP contribution in [0.5, 0.6) is 0 Å². The highest BCUT2D eigenvalue weighted by Crippen LogP contribution is 2.16. The Kier molecular flexibility index (Phi) is 4.19. The van der Waals surface area contributed by atoms with Gasteiger partial charge in [0.2, 0.25) is 0 Å². The Labute approximate surface area is 99.7 Å². The predicted octanol–water partition coefficient (Wildman–Crippen LogP) is 0.905. The zero-order chi connectivity index (χ0) is 13.1. The van der Waals surface area contributed by atoms with Crippen molar-refractivity contribution in [2.75, 3.05) is 13.4 Å². The quantitative estimate of drug-likeness (QED) is 0.590. The van der Waals surface area contributed by atoms with E-state index in [1.165, 1.54) is 25.4 Å². The molecule has 0 spiro atoms. The molecule has 1 rings (SSSR count). The molecule has 0 aliphatic rings. The molecule has 0 fully saturated rings. The van der Waals surface area contributed by atoms with E-state index in [0.29, 0.717) is 11.3 Å². The average molecular weight is 259 g/mol. The summed E-state index contributed by atoms with van der Waals surface area (Å²) in [4.78, 5) is 15.1. The van der Waals surface area contributed by atoms with Gasteiger partial charge in [-0.3, -0.25) is 9.17 Å². The summed E-state index contributed by atoms with van der Waals surface area (Å²) in [7, 11) is -2.26. The van der Waals surface area contributed by atoms with Crippen LogP contribution in [0.4, 0.5) is 0 Å². The molecule has 0 bridgehead atoms.